The summed E-state index contributed by atoms with van der Waals surface area (Å²) >= 11 is 5.61. The van der Waals surface area contributed by atoms with Crippen LogP contribution in [-0.4, -0.2) is 11.4 Å². The van der Waals surface area contributed by atoms with Crippen LogP contribution in [0.4, 0.5) is 18.9 Å². The maximum atomic E-state index is 12.6. The Bertz CT molecular complexity index is 486. The van der Waals surface area contributed by atoms with E-state index < -0.39 is 23.2 Å². The van der Waals surface area contributed by atoms with Crippen LogP contribution < -0.4 is 11.1 Å². The van der Waals surface area contributed by atoms with Crippen molar-refractivity contribution in [2.75, 3.05) is 5.32 Å². The van der Waals surface area contributed by atoms with Crippen LogP contribution in [0.2, 0.25) is 5.02 Å². The van der Waals surface area contributed by atoms with E-state index in [0.29, 0.717) is 6.42 Å². The molecule has 3 N–H and O–H groups in total. The van der Waals surface area contributed by atoms with E-state index in [0.717, 1.165) is 12.1 Å². The fraction of sp³-hybridized carbons (Fsp3) is 0.417. The fourth-order valence-electron chi connectivity index (χ4n) is 1.26. The van der Waals surface area contributed by atoms with Crippen molar-refractivity contribution in [3.63, 3.8) is 0 Å². The lowest BCUT2D eigenvalue weighted by Gasteiger charge is -2.22. The number of hydrogen-bond acceptors (Lipinski definition) is 2. The van der Waals surface area contributed by atoms with E-state index in [2.05, 4.69) is 5.32 Å². The summed E-state index contributed by atoms with van der Waals surface area (Å²) in [6.45, 7) is 3.20. The molecule has 0 saturated heterocycles. The van der Waals surface area contributed by atoms with Gasteiger partial charge in [0.15, 0.2) is 0 Å². The molecule has 1 aromatic carbocycles. The molecule has 0 radical (unpaired) electrons. The molecule has 0 aliphatic carbocycles. The van der Waals surface area contributed by atoms with Gasteiger partial charge in [0.25, 0.3) is 0 Å². The summed E-state index contributed by atoms with van der Waals surface area (Å²) in [4.78, 5) is 11.8. The van der Waals surface area contributed by atoms with Gasteiger partial charge in [0.2, 0.25) is 5.91 Å². The van der Waals surface area contributed by atoms with Gasteiger partial charge in [-0.15, -0.1) is 0 Å². The second-order valence-corrected chi connectivity index (χ2v) is 4.89. The Balaban J connectivity index is 3.03. The SMILES string of the molecule is CCC(C)(N)C(=O)Nc1cc(Cl)cc(C(F)(F)F)c1. The van der Waals surface area contributed by atoms with Crippen LogP contribution >= 0.6 is 11.6 Å². The van der Waals surface area contributed by atoms with Gasteiger partial charge in [-0.1, -0.05) is 18.5 Å². The minimum absolute atomic E-state index is 0.0325. The first-order chi connectivity index (χ1) is 8.56. The van der Waals surface area contributed by atoms with Crippen molar-refractivity contribution in [2.45, 2.75) is 32.0 Å². The van der Waals surface area contributed by atoms with E-state index in [-0.39, 0.29) is 10.7 Å². The van der Waals surface area contributed by atoms with Crippen LogP contribution in [0.3, 0.4) is 0 Å². The van der Waals surface area contributed by atoms with Crippen molar-refractivity contribution in [3.05, 3.63) is 28.8 Å². The Morgan fingerprint density at radius 1 is 1.37 bits per heavy atom. The van der Waals surface area contributed by atoms with Crippen molar-refractivity contribution in [3.8, 4) is 0 Å². The molecule has 1 aromatic rings. The highest BCUT2D eigenvalue weighted by Gasteiger charge is 2.32. The number of nitrogens with one attached hydrogen (secondary N) is 1. The molecule has 0 saturated carbocycles. The zero-order valence-corrected chi connectivity index (χ0v) is 11.2. The summed E-state index contributed by atoms with van der Waals surface area (Å²) in [5.74, 6) is -0.564. The number of hydrogen-bond donors (Lipinski definition) is 2. The minimum atomic E-state index is -4.53. The third kappa shape index (κ3) is 4.11. The second kappa shape index (κ2) is 5.38. The number of carbonyl (C=O) groups excluding carboxylic acids is 1. The molecule has 1 atom stereocenters. The number of nitrogens with two attached hydrogens (primary N) is 1. The fourth-order valence-corrected chi connectivity index (χ4v) is 1.49. The number of anilines is 1. The average molecular weight is 295 g/mol. The first-order valence-electron chi connectivity index (χ1n) is 5.54. The van der Waals surface area contributed by atoms with Crippen LogP contribution in [-0.2, 0) is 11.0 Å². The van der Waals surface area contributed by atoms with E-state index in [1.165, 1.54) is 13.0 Å². The molecule has 1 amide bonds. The molecule has 1 rings (SSSR count). The molecular weight excluding hydrogens is 281 g/mol. The van der Waals surface area contributed by atoms with Crippen LogP contribution in [0.1, 0.15) is 25.8 Å². The normalized spacial score (nSPS) is 14.9. The quantitative estimate of drug-likeness (QED) is 0.897. The number of halogens is 4. The van der Waals surface area contributed by atoms with Gasteiger partial charge in [0, 0.05) is 10.7 Å². The van der Waals surface area contributed by atoms with E-state index in [1.807, 2.05) is 0 Å². The van der Waals surface area contributed by atoms with Crippen molar-refractivity contribution in [1.29, 1.82) is 0 Å². The summed E-state index contributed by atoms with van der Waals surface area (Å²) in [7, 11) is 0. The Hall–Kier alpha value is -1.27. The van der Waals surface area contributed by atoms with Gasteiger partial charge in [-0.05, 0) is 31.5 Å². The van der Waals surface area contributed by atoms with Gasteiger partial charge in [0.1, 0.15) is 0 Å². The third-order valence-electron chi connectivity index (χ3n) is 2.74. The van der Waals surface area contributed by atoms with Crippen molar-refractivity contribution < 1.29 is 18.0 Å². The minimum Gasteiger partial charge on any atom is -0.324 e. The van der Waals surface area contributed by atoms with Crippen LogP contribution in [0, 0.1) is 0 Å². The first kappa shape index (κ1) is 15.8. The number of benzene rings is 1. The molecule has 0 bridgehead atoms. The molecule has 0 spiro atoms. The number of alkyl halides is 3. The van der Waals surface area contributed by atoms with Crippen LogP contribution in [0.25, 0.3) is 0 Å². The van der Waals surface area contributed by atoms with Gasteiger partial charge in [0.05, 0.1) is 11.1 Å². The van der Waals surface area contributed by atoms with Gasteiger partial charge in [-0.3, -0.25) is 4.79 Å². The first-order valence-corrected chi connectivity index (χ1v) is 5.92. The molecular formula is C12H14ClF3N2O. The molecule has 19 heavy (non-hydrogen) atoms. The predicted molar refractivity (Wildman–Crippen MR) is 68.0 cm³/mol. The molecule has 106 valence electrons. The highest BCUT2D eigenvalue weighted by Crippen LogP contribution is 2.33. The highest BCUT2D eigenvalue weighted by atomic mass is 35.5. The van der Waals surface area contributed by atoms with Gasteiger partial charge >= 0.3 is 6.18 Å². The Kier molecular flexibility index (Phi) is 4.47. The van der Waals surface area contributed by atoms with Crippen molar-refractivity contribution >= 4 is 23.2 Å². The third-order valence-corrected chi connectivity index (χ3v) is 2.95. The molecule has 7 heteroatoms. The van der Waals surface area contributed by atoms with Gasteiger partial charge < -0.3 is 11.1 Å². The largest absolute Gasteiger partial charge is 0.416 e. The van der Waals surface area contributed by atoms with E-state index in [1.54, 1.807) is 6.92 Å². The molecule has 0 aromatic heterocycles. The van der Waals surface area contributed by atoms with Crippen molar-refractivity contribution in [2.24, 2.45) is 5.73 Å². The van der Waals surface area contributed by atoms with Gasteiger partial charge in [-0.2, -0.15) is 13.2 Å². The predicted octanol–water partition coefficient (Wildman–Crippen LogP) is 3.42. The zero-order chi connectivity index (χ0) is 14.8. The van der Waals surface area contributed by atoms with Crippen LogP contribution in [0.15, 0.2) is 18.2 Å². The molecule has 0 heterocycles. The summed E-state index contributed by atoms with van der Waals surface area (Å²) in [6, 6.07) is 2.84. The Morgan fingerprint density at radius 3 is 2.42 bits per heavy atom. The number of carbonyl (C=O) groups is 1. The van der Waals surface area contributed by atoms with E-state index in [9.17, 15) is 18.0 Å². The summed E-state index contributed by atoms with van der Waals surface area (Å²) in [5.41, 5.74) is 3.59. The lowest BCUT2D eigenvalue weighted by molar-refractivity contribution is -0.137. The standard InChI is InChI=1S/C12H14ClF3N2O/c1-3-11(2,17)10(19)18-9-5-7(12(14,15)16)4-8(13)6-9/h4-6H,3,17H2,1-2H3,(H,18,19). The molecule has 0 fully saturated rings. The lowest BCUT2D eigenvalue weighted by Crippen LogP contribution is -2.47. The number of amides is 1. The second-order valence-electron chi connectivity index (χ2n) is 4.45. The summed E-state index contributed by atoms with van der Waals surface area (Å²) < 4.78 is 37.8. The van der Waals surface area contributed by atoms with Crippen LogP contribution in [0.5, 0.6) is 0 Å². The highest BCUT2D eigenvalue weighted by molar-refractivity contribution is 6.31. The maximum Gasteiger partial charge on any atom is 0.416 e. The van der Waals surface area contributed by atoms with E-state index >= 15 is 0 Å². The summed E-state index contributed by atoms with van der Waals surface area (Å²) in [6.07, 6.45) is -4.17. The lowest BCUT2D eigenvalue weighted by atomic mass is 9.99. The Morgan fingerprint density at radius 2 is 1.95 bits per heavy atom. The van der Waals surface area contributed by atoms with E-state index in [4.69, 9.17) is 17.3 Å². The molecule has 3 nitrogen and oxygen atoms in total. The monoisotopic (exact) mass is 294 g/mol. The molecule has 0 aliphatic rings. The molecule has 0 aliphatic heterocycles. The molecule has 1 unspecified atom stereocenters. The average Bonchev–Trinajstić information content (AvgIpc) is 2.27. The van der Waals surface area contributed by atoms with Crippen molar-refractivity contribution in [1.82, 2.24) is 0 Å². The maximum absolute atomic E-state index is 12.6. The number of rotatable bonds is 3. The topological polar surface area (TPSA) is 55.1 Å². The Labute approximate surface area is 113 Å². The van der Waals surface area contributed by atoms with Gasteiger partial charge in [-0.25, -0.2) is 0 Å². The smallest absolute Gasteiger partial charge is 0.324 e. The summed E-state index contributed by atoms with van der Waals surface area (Å²) in [5, 5.41) is 2.23. The zero-order valence-electron chi connectivity index (χ0n) is 10.4.